The number of aliphatic imine (C=N–C) groups is 2. The second-order valence-corrected chi connectivity index (χ2v) is 17.9. The molecule has 13 aromatic rings. The number of rotatable bonds is 4. The fourth-order valence-corrected chi connectivity index (χ4v) is 11.6. The highest BCUT2D eigenvalue weighted by molar-refractivity contribution is 7.26. The Labute approximate surface area is 371 Å². The lowest BCUT2D eigenvalue weighted by Crippen LogP contribution is -2.34. The van der Waals surface area contributed by atoms with E-state index in [1.165, 1.54) is 47.1 Å². The number of furan rings is 1. The number of nitrogens with one attached hydrogen (secondary N) is 1. The van der Waals surface area contributed by atoms with E-state index < -0.39 is 6.17 Å². The summed E-state index contributed by atoms with van der Waals surface area (Å²) in [5, 5.41) is 20.3. The summed E-state index contributed by atoms with van der Waals surface area (Å²) in [6.45, 7) is 0. The third-order valence-corrected chi connectivity index (χ3v) is 14.5. The van der Waals surface area contributed by atoms with Crippen LogP contribution in [0.5, 0.6) is 0 Å². The predicted octanol–water partition coefficient (Wildman–Crippen LogP) is 15.9. The van der Waals surface area contributed by atoms with Crippen molar-refractivity contribution in [1.29, 1.82) is 0 Å². The summed E-state index contributed by atoms with van der Waals surface area (Å²) in [7, 11) is 0. The lowest BCUT2D eigenvalue weighted by Gasteiger charge is -2.27. The van der Waals surface area contributed by atoms with Crippen molar-refractivity contribution in [1.82, 2.24) is 5.32 Å². The molecule has 0 saturated carbocycles. The average molecular weight is 834 g/mol. The van der Waals surface area contributed by atoms with Gasteiger partial charge < -0.3 is 9.73 Å². The molecule has 1 unspecified atom stereocenters. The van der Waals surface area contributed by atoms with Gasteiger partial charge in [-0.2, -0.15) is 0 Å². The molecule has 1 atom stereocenters. The smallest absolute Gasteiger partial charge is 0.160 e. The Morgan fingerprint density at radius 2 is 1.03 bits per heavy atom. The first-order valence-electron chi connectivity index (χ1n) is 21.8. The summed E-state index contributed by atoms with van der Waals surface area (Å²) in [6.07, 6.45) is -0.482. The molecule has 5 heteroatoms. The quantitative estimate of drug-likeness (QED) is 0.180. The molecule has 0 bridgehead atoms. The van der Waals surface area contributed by atoms with Gasteiger partial charge in [0.15, 0.2) is 5.84 Å². The molecule has 1 aliphatic heterocycles. The summed E-state index contributed by atoms with van der Waals surface area (Å²) in [4.78, 5) is 11.4. The van der Waals surface area contributed by atoms with E-state index in [9.17, 15) is 0 Å². The molecule has 2 aromatic heterocycles. The summed E-state index contributed by atoms with van der Waals surface area (Å²) in [5.74, 6) is 1.43. The zero-order chi connectivity index (χ0) is 41.9. The highest BCUT2D eigenvalue weighted by Gasteiger charge is 2.29. The molecule has 298 valence electrons. The normalized spacial score (nSPS) is 14.4. The van der Waals surface area contributed by atoms with E-state index in [2.05, 4.69) is 206 Å². The molecule has 1 aliphatic rings. The first-order valence-corrected chi connectivity index (χ1v) is 22.6. The van der Waals surface area contributed by atoms with Gasteiger partial charge in [-0.1, -0.05) is 158 Å². The van der Waals surface area contributed by atoms with Gasteiger partial charge in [-0.05, 0) is 102 Å². The van der Waals surface area contributed by atoms with Crippen LogP contribution in [0.15, 0.2) is 215 Å². The first-order chi connectivity index (χ1) is 31.7. The average Bonchev–Trinajstić information content (AvgIpc) is 3.93. The minimum absolute atomic E-state index is 0.482. The minimum Gasteiger partial charge on any atom is -0.456 e. The molecule has 0 amide bonds. The zero-order valence-corrected chi connectivity index (χ0v) is 35.2. The Balaban J connectivity index is 1.11. The van der Waals surface area contributed by atoms with Crippen LogP contribution in [0.25, 0.3) is 107 Å². The minimum atomic E-state index is -0.482. The van der Waals surface area contributed by atoms with E-state index in [1.54, 1.807) is 0 Å². The van der Waals surface area contributed by atoms with Gasteiger partial charge in [0.25, 0.3) is 0 Å². The summed E-state index contributed by atoms with van der Waals surface area (Å²) >= 11 is 1.84. The van der Waals surface area contributed by atoms with Crippen molar-refractivity contribution in [3.05, 3.63) is 217 Å². The van der Waals surface area contributed by atoms with E-state index in [1.807, 2.05) is 11.3 Å². The number of benzene rings is 11. The van der Waals surface area contributed by atoms with Crippen molar-refractivity contribution >= 4 is 119 Å². The van der Waals surface area contributed by atoms with Gasteiger partial charge in [-0.3, -0.25) is 0 Å². The molecule has 14 rings (SSSR count). The SMILES string of the molecule is c1ccc2cc3c(cc2c1)oc1ccc(-c2cccc4c2sc2ccccc24)c(C2=NC(c4cc5ccccc5c5ccccc45)=NC(c4cc5ccccc5c5ccccc45)N2)c13. The van der Waals surface area contributed by atoms with Crippen LogP contribution in [0.4, 0.5) is 0 Å². The maximum absolute atomic E-state index is 6.84. The largest absolute Gasteiger partial charge is 0.456 e. The highest BCUT2D eigenvalue weighted by Crippen LogP contribution is 2.45. The van der Waals surface area contributed by atoms with Gasteiger partial charge in [-0.15, -0.1) is 11.3 Å². The van der Waals surface area contributed by atoms with Crippen LogP contribution in [0.1, 0.15) is 22.9 Å². The van der Waals surface area contributed by atoms with Gasteiger partial charge in [-0.25, -0.2) is 9.98 Å². The molecule has 11 aromatic carbocycles. The van der Waals surface area contributed by atoms with E-state index in [0.717, 1.165) is 82.5 Å². The zero-order valence-electron chi connectivity index (χ0n) is 34.3. The van der Waals surface area contributed by atoms with Gasteiger partial charge in [0.2, 0.25) is 0 Å². The molecule has 1 N–H and O–H groups in total. The number of thiophene rings is 1. The van der Waals surface area contributed by atoms with Crippen LogP contribution in [0.3, 0.4) is 0 Å². The molecule has 0 aliphatic carbocycles. The molecule has 0 saturated heterocycles. The fourth-order valence-electron chi connectivity index (χ4n) is 10.4. The number of nitrogens with zero attached hydrogens (tertiary/aromatic N) is 2. The van der Waals surface area contributed by atoms with Crippen molar-refractivity contribution in [3.63, 3.8) is 0 Å². The topological polar surface area (TPSA) is 49.9 Å². The Hall–Kier alpha value is -8.12. The standard InChI is InChI=1S/C59H35N3OS/c1-2-15-35-33-52-50(30-34(35)14-1)54-51(63-52)29-28-45(47-26-13-25-46-44-24-11-12-27-53(44)64-56(46)47)55(54)59-61-57(48-31-36-16-3-5-18-38(36)40-20-7-9-22-42(40)48)60-58(62-59)49-32-37-17-4-6-19-39(37)41-21-8-10-23-43(41)49/h1-33,57H,(H,60,61,62). The van der Waals surface area contributed by atoms with Crippen LogP contribution >= 0.6 is 11.3 Å². The van der Waals surface area contributed by atoms with Gasteiger partial charge in [0.1, 0.15) is 23.2 Å². The maximum Gasteiger partial charge on any atom is 0.160 e. The van der Waals surface area contributed by atoms with E-state index in [-0.39, 0.29) is 0 Å². The van der Waals surface area contributed by atoms with Crippen LogP contribution < -0.4 is 5.32 Å². The van der Waals surface area contributed by atoms with Gasteiger partial charge in [0.05, 0.1) is 0 Å². The monoisotopic (exact) mass is 833 g/mol. The predicted molar refractivity (Wildman–Crippen MR) is 271 cm³/mol. The van der Waals surface area contributed by atoms with E-state index in [0.29, 0.717) is 5.84 Å². The van der Waals surface area contributed by atoms with Gasteiger partial charge in [0, 0.05) is 53.2 Å². The molecule has 0 radical (unpaired) electrons. The Morgan fingerprint density at radius 1 is 0.422 bits per heavy atom. The van der Waals surface area contributed by atoms with Crippen LogP contribution in [0.2, 0.25) is 0 Å². The van der Waals surface area contributed by atoms with E-state index in [4.69, 9.17) is 14.4 Å². The third kappa shape index (κ3) is 5.28. The van der Waals surface area contributed by atoms with Crippen molar-refractivity contribution in [2.75, 3.05) is 0 Å². The van der Waals surface area contributed by atoms with Gasteiger partial charge >= 0.3 is 0 Å². The molecule has 64 heavy (non-hydrogen) atoms. The highest BCUT2D eigenvalue weighted by atomic mass is 32.1. The molecular weight excluding hydrogens is 799 g/mol. The van der Waals surface area contributed by atoms with Crippen molar-refractivity contribution in [2.24, 2.45) is 9.98 Å². The van der Waals surface area contributed by atoms with E-state index >= 15 is 0 Å². The summed E-state index contributed by atoms with van der Waals surface area (Å²) in [5.41, 5.74) is 6.96. The molecular formula is C59H35N3OS. The second-order valence-electron chi connectivity index (χ2n) is 16.8. The summed E-state index contributed by atoms with van der Waals surface area (Å²) in [6, 6.07) is 72.1. The number of amidine groups is 2. The molecule has 4 nitrogen and oxygen atoms in total. The number of hydrogen-bond donors (Lipinski definition) is 1. The van der Waals surface area contributed by atoms with Crippen molar-refractivity contribution < 1.29 is 4.42 Å². The van der Waals surface area contributed by atoms with Crippen molar-refractivity contribution in [2.45, 2.75) is 6.17 Å². The first kappa shape index (κ1) is 35.5. The third-order valence-electron chi connectivity index (χ3n) is 13.3. The Morgan fingerprint density at radius 3 is 1.81 bits per heavy atom. The molecule has 0 spiro atoms. The number of fused-ring (bicyclic) bond motifs is 13. The lowest BCUT2D eigenvalue weighted by atomic mass is 9.91. The Kier molecular flexibility index (Phi) is 7.59. The molecule has 0 fully saturated rings. The second kappa shape index (κ2) is 13.7. The van der Waals surface area contributed by atoms with Crippen LogP contribution in [-0.4, -0.2) is 11.7 Å². The molecule has 3 heterocycles. The van der Waals surface area contributed by atoms with Crippen molar-refractivity contribution in [3.8, 4) is 11.1 Å². The maximum atomic E-state index is 6.84. The fraction of sp³-hybridized carbons (Fsp3) is 0.0169. The summed E-state index contributed by atoms with van der Waals surface area (Å²) < 4.78 is 9.35. The lowest BCUT2D eigenvalue weighted by molar-refractivity contribution is 0.669. The van der Waals surface area contributed by atoms with Crippen LogP contribution in [-0.2, 0) is 0 Å². The Bertz CT molecular complexity index is 4190. The number of hydrogen-bond acceptors (Lipinski definition) is 5. The van der Waals surface area contributed by atoms with Crippen LogP contribution in [0, 0.1) is 0 Å².